The summed E-state index contributed by atoms with van der Waals surface area (Å²) in [6.07, 6.45) is 8.07. The van der Waals surface area contributed by atoms with Gasteiger partial charge in [-0.3, -0.25) is 9.00 Å². The zero-order valence-electron chi connectivity index (χ0n) is 16.5. The van der Waals surface area contributed by atoms with Crippen molar-refractivity contribution in [2.75, 3.05) is 5.32 Å². The molecule has 150 valence electrons. The van der Waals surface area contributed by atoms with Crippen LogP contribution in [0.15, 0.2) is 30.3 Å². The van der Waals surface area contributed by atoms with Crippen LogP contribution in [0.2, 0.25) is 0 Å². The van der Waals surface area contributed by atoms with Gasteiger partial charge in [-0.05, 0) is 43.7 Å². The fourth-order valence-corrected chi connectivity index (χ4v) is 5.70. The van der Waals surface area contributed by atoms with E-state index in [1.165, 1.54) is 19.3 Å². The lowest BCUT2D eigenvalue weighted by molar-refractivity contribution is -0.121. The maximum atomic E-state index is 13.0. The second-order valence-corrected chi connectivity index (χ2v) is 9.56. The van der Waals surface area contributed by atoms with Crippen LogP contribution in [0, 0.1) is 11.8 Å². The second-order valence-electron chi connectivity index (χ2n) is 8.10. The minimum Gasteiger partial charge on any atom is -0.310 e. The van der Waals surface area contributed by atoms with E-state index in [-0.39, 0.29) is 11.8 Å². The zero-order chi connectivity index (χ0) is 19.5. The van der Waals surface area contributed by atoms with E-state index >= 15 is 0 Å². The van der Waals surface area contributed by atoms with Gasteiger partial charge in [0.1, 0.15) is 5.82 Å². The van der Waals surface area contributed by atoms with Gasteiger partial charge >= 0.3 is 0 Å². The molecule has 2 aliphatic rings. The highest BCUT2D eigenvalue weighted by molar-refractivity contribution is 7.83. The van der Waals surface area contributed by atoms with Crippen LogP contribution >= 0.6 is 0 Å². The number of fused-ring (bicyclic) bond motifs is 1. The van der Waals surface area contributed by atoms with Crippen LogP contribution in [-0.4, -0.2) is 19.9 Å². The largest absolute Gasteiger partial charge is 0.310 e. The highest BCUT2D eigenvalue weighted by atomic mass is 32.2. The van der Waals surface area contributed by atoms with Crippen LogP contribution in [0.4, 0.5) is 5.82 Å². The molecule has 1 N–H and O–H groups in total. The molecule has 1 fully saturated rings. The smallest absolute Gasteiger partial charge is 0.228 e. The molecule has 5 nitrogen and oxygen atoms in total. The third-order valence-electron chi connectivity index (χ3n) is 6.10. The lowest BCUT2D eigenvalue weighted by Gasteiger charge is -2.27. The van der Waals surface area contributed by atoms with Gasteiger partial charge in [0.05, 0.1) is 22.9 Å². The van der Waals surface area contributed by atoms with Crippen molar-refractivity contribution in [3.05, 3.63) is 41.6 Å². The SMILES string of the molecule is CCCCC1CCC(C(=O)Nc2c3c(nn2-c2ccccc2)C[S@](=O)C3)CC1. The molecule has 1 aliphatic heterocycles. The number of carbonyl (C=O) groups excluding carboxylic acids is 1. The van der Waals surface area contributed by atoms with E-state index in [0.717, 1.165) is 48.5 Å². The van der Waals surface area contributed by atoms with E-state index in [2.05, 4.69) is 17.3 Å². The number of nitrogens with one attached hydrogen (secondary N) is 1. The Balaban J connectivity index is 1.50. The van der Waals surface area contributed by atoms with Crippen molar-refractivity contribution in [2.45, 2.75) is 63.4 Å². The molecule has 2 aromatic rings. The molecule has 1 atom stereocenters. The molecule has 1 saturated carbocycles. The van der Waals surface area contributed by atoms with Crippen molar-refractivity contribution >= 4 is 22.5 Å². The standard InChI is InChI=1S/C22H29N3O2S/c1-2-3-7-16-10-12-17(13-11-16)22(26)23-21-19-14-28(27)15-20(19)24-25(21)18-8-5-4-6-9-18/h4-6,8-9,16-17H,2-3,7,10-15H2,1H3,(H,23,26)/t16?,17?,28-/m1/s1. The number of nitrogens with zero attached hydrogens (tertiary/aromatic N) is 2. The number of amides is 1. The Labute approximate surface area is 169 Å². The molecule has 0 unspecified atom stereocenters. The molecule has 0 saturated heterocycles. The highest BCUT2D eigenvalue weighted by Gasteiger charge is 2.31. The fraction of sp³-hybridized carbons (Fsp3) is 0.545. The molecule has 6 heteroatoms. The van der Waals surface area contributed by atoms with Gasteiger partial charge in [0.15, 0.2) is 0 Å². The topological polar surface area (TPSA) is 64.0 Å². The van der Waals surface area contributed by atoms with Crippen molar-refractivity contribution in [3.8, 4) is 5.69 Å². The lowest BCUT2D eigenvalue weighted by atomic mass is 9.79. The van der Waals surface area contributed by atoms with Gasteiger partial charge in [-0.2, -0.15) is 5.10 Å². The minimum absolute atomic E-state index is 0.0690. The number of rotatable bonds is 6. The summed E-state index contributed by atoms with van der Waals surface area (Å²) in [6, 6.07) is 9.85. The van der Waals surface area contributed by atoms with Crippen LogP contribution in [0.5, 0.6) is 0 Å². The normalized spacial score (nSPS) is 24.1. The number of anilines is 1. The van der Waals surface area contributed by atoms with Gasteiger partial charge in [0.2, 0.25) is 5.91 Å². The first-order valence-electron chi connectivity index (χ1n) is 10.5. The fourth-order valence-electron chi connectivity index (χ4n) is 4.44. The summed E-state index contributed by atoms with van der Waals surface area (Å²) < 4.78 is 13.8. The predicted octanol–water partition coefficient (Wildman–Crippen LogP) is 4.57. The number of carbonyl (C=O) groups is 1. The Morgan fingerprint density at radius 2 is 1.93 bits per heavy atom. The van der Waals surface area contributed by atoms with Crippen LogP contribution in [0.1, 0.15) is 63.1 Å². The number of aromatic nitrogens is 2. The van der Waals surface area contributed by atoms with Gasteiger partial charge in [0.25, 0.3) is 0 Å². The zero-order valence-corrected chi connectivity index (χ0v) is 17.3. The molecule has 28 heavy (non-hydrogen) atoms. The Kier molecular flexibility index (Phi) is 5.95. The third kappa shape index (κ3) is 4.07. The maximum Gasteiger partial charge on any atom is 0.228 e. The Morgan fingerprint density at radius 1 is 1.18 bits per heavy atom. The van der Waals surface area contributed by atoms with E-state index in [4.69, 9.17) is 0 Å². The van der Waals surface area contributed by atoms with Gasteiger partial charge in [-0.1, -0.05) is 44.4 Å². The first-order chi connectivity index (χ1) is 13.7. The number of unbranched alkanes of at least 4 members (excludes halogenated alkanes) is 1. The number of hydrogen-bond donors (Lipinski definition) is 1. The summed E-state index contributed by atoms with van der Waals surface area (Å²) in [5, 5.41) is 7.83. The number of para-hydroxylation sites is 1. The van der Waals surface area contributed by atoms with Gasteiger partial charge < -0.3 is 5.32 Å². The first kappa shape index (κ1) is 19.4. The minimum atomic E-state index is -0.918. The Morgan fingerprint density at radius 3 is 2.64 bits per heavy atom. The molecule has 2 heterocycles. The first-order valence-corrected chi connectivity index (χ1v) is 12.0. The molecule has 0 radical (unpaired) electrons. The van der Waals surface area contributed by atoms with Crippen molar-refractivity contribution in [3.63, 3.8) is 0 Å². The van der Waals surface area contributed by atoms with Crippen LogP contribution in [0.3, 0.4) is 0 Å². The summed E-state index contributed by atoms with van der Waals surface area (Å²) in [6.45, 7) is 2.24. The molecule has 1 aromatic heterocycles. The summed E-state index contributed by atoms with van der Waals surface area (Å²) in [4.78, 5) is 13.0. The van der Waals surface area contributed by atoms with Gasteiger partial charge in [-0.25, -0.2) is 4.68 Å². The average Bonchev–Trinajstić information content (AvgIpc) is 3.24. The Hall–Kier alpha value is -1.95. The molecule has 1 amide bonds. The second kappa shape index (κ2) is 8.60. The highest BCUT2D eigenvalue weighted by Crippen LogP contribution is 2.35. The molecule has 4 rings (SSSR count). The van der Waals surface area contributed by atoms with E-state index in [1.807, 2.05) is 35.0 Å². The van der Waals surface area contributed by atoms with Crippen molar-refractivity contribution in [1.82, 2.24) is 9.78 Å². The van der Waals surface area contributed by atoms with E-state index < -0.39 is 10.8 Å². The summed E-state index contributed by atoms with van der Waals surface area (Å²) in [7, 11) is -0.918. The molecular formula is C22H29N3O2S. The third-order valence-corrected chi connectivity index (χ3v) is 7.30. The lowest BCUT2D eigenvalue weighted by Crippen LogP contribution is -2.28. The molecule has 1 aromatic carbocycles. The quantitative estimate of drug-likeness (QED) is 0.774. The van der Waals surface area contributed by atoms with E-state index in [9.17, 15) is 9.00 Å². The summed E-state index contributed by atoms with van der Waals surface area (Å²) in [5.41, 5.74) is 2.70. The predicted molar refractivity (Wildman–Crippen MR) is 113 cm³/mol. The van der Waals surface area contributed by atoms with Crippen LogP contribution in [0.25, 0.3) is 5.69 Å². The van der Waals surface area contributed by atoms with Crippen molar-refractivity contribution < 1.29 is 9.00 Å². The molecule has 1 aliphatic carbocycles. The summed E-state index contributed by atoms with van der Waals surface area (Å²) in [5.74, 6) is 2.60. The maximum absolute atomic E-state index is 13.0. The van der Waals surface area contributed by atoms with Gasteiger partial charge in [-0.15, -0.1) is 0 Å². The average molecular weight is 400 g/mol. The van der Waals surface area contributed by atoms with Gasteiger partial charge in [0, 0.05) is 22.3 Å². The van der Waals surface area contributed by atoms with Crippen LogP contribution in [-0.2, 0) is 27.1 Å². The molecule has 0 bridgehead atoms. The monoisotopic (exact) mass is 399 g/mol. The van der Waals surface area contributed by atoms with E-state index in [0.29, 0.717) is 17.3 Å². The Bertz CT molecular complexity index is 854. The van der Waals surface area contributed by atoms with Crippen LogP contribution < -0.4 is 5.32 Å². The molecule has 0 spiro atoms. The van der Waals surface area contributed by atoms with Crippen molar-refractivity contribution in [2.24, 2.45) is 11.8 Å². The van der Waals surface area contributed by atoms with Crippen molar-refractivity contribution in [1.29, 1.82) is 0 Å². The van der Waals surface area contributed by atoms with E-state index in [1.54, 1.807) is 0 Å². The number of benzene rings is 1. The number of hydrogen-bond acceptors (Lipinski definition) is 3. The molecular weight excluding hydrogens is 370 g/mol. The summed E-state index contributed by atoms with van der Waals surface area (Å²) >= 11 is 0.